The van der Waals surface area contributed by atoms with E-state index in [1.54, 1.807) is 25.3 Å². The summed E-state index contributed by atoms with van der Waals surface area (Å²) in [5.41, 5.74) is 0.794. The summed E-state index contributed by atoms with van der Waals surface area (Å²) in [7, 11) is -1.98. The number of hydrogen-bond acceptors (Lipinski definition) is 4. The Morgan fingerprint density at radius 2 is 1.66 bits per heavy atom. The molecule has 1 aliphatic heterocycles. The number of aryl methyl sites for hydroxylation is 1. The molecule has 0 aromatic heterocycles. The van der Waals surface area contributed by atoms with Gasteiger partial charge >= 0.3 is 0 Å². The summed E-state index contributed by atoms with van der Waals surface area (Å²) in [6.45, 7) is 2.61. The molecule has 1 saturated carbocycles. The lowest BCUT2D eigenvalue weighted by molar-refractivity contribution is -0.127. The molecular weight excluding hydrogens is 388 g/mol. The lowest BCUT2D eigenvalue weighted by Gasteiger charge is -2.32. The van der Waals surface area contributed by atoms with Crippen LogP contribution in [0.3, 0.4) is 0 Å². The molecule has 6 nitrogen and oxygen atoms in total. The van der Waals surface area contributed by atoms with Gasteiger partial charge in [0, 0.05) is 25.0 Å². The second kappa shape index (κ2) is 9.94. The second-order valence-electron chi connectivity index (χ2n) is 8.36. The van der Waals surface area contributed by atoms with Crippen molar-refractivity contribution < 1.29 is 17.9 Å². The molecule has 1 N–H and O–H groups in total. The molecule has 29 heavy (non-hydrogen) atoms. The molecule has 0 bridgehead atoms. The number of nitrogens with one attached hydrogen (secondary N) is 1. The summed E-state index contributed by atoms with van der Waals surface area (Å²) in [6, 6.07) is 5.22. The lowest BCUT2D eigenvalue weighted by atomic mass is 9.94. The van der Waals surface area contributed by atoms with Crippen molar-refractivity contribution in [1.29, 1.82) is 0 Å². The zero-order chi connectivity index (χ0) is 20.9. The standard InChI is InChI=1S/C22H34N2O4S/c1-17-16-20(10-11-21(17)28-2)29(26,27)24-14-12-18(13-15-24)22(25)23-19-8-6-4-3-5-7-9-19/h10-11,16,18-19H,3-9,12-15H2,1-2H3,(H,23,25). The zero-order valence-corrected chi connectivity index (χ0v) is 18.5. The van der Waals surface area contributed by atoms with Crippen LogP contribution in [-0.4, -0.2) is 44.9 Å². The van der Waals surface area contributed by atoms with Gasteiger partial charge in [0.2, 0.25) is 15.9 Å². The number of sulfonamides is 1. The van der Waals surface area contributed by atoms with E-state index in [0.29, 0.717) is 31.7 Å². The third-order valence-electron chi connectivity index (χ3n) is 6.28. The number of nitrogens with zero attached hydrogens (tertiary/aromatic N) is 1. The van der Waals surface area contributed by atoms with Gasteiger partial charge in [0.25, 0.3) is 0 Å². The molecular formula is C22H34N2O4S. The van der Waals surface area contributed by atoms with Crippen LogP contribution >= 0.6 is 0 Å². The average molecular weight is 423 g/mol. The van der Waals surface area contributed by atoms with Crippen LogP contribution in [0.25, 0.3) is 0 Å². The van der Waals surface area contributed by atoms with E-state index in [1.807, 2.05) is 6.92 Å². The molecule has 0 atom stereocenters. The summed E-state index contributed by atoms with van der Waals surface area (Å²) in [6.07, 6.45) is 9.47. The highest BCUT2D eigenvalue weighted by Crippen LogP contribution is 2.27. The molecule has 1 aromatic carbocycles. The van der Waals surface area contributed by atoms with Crippen molar-refractivity contribution in [3.05, 3.63) is 23.8 Å². The Labute approximate surface area is 175 Å². The van der Waals surface area contributed by atoms with Gasteiger partial charge in [0.15, 0.2) is 0 Å². The smallest absolute Gasteiger partial charge is 0.243 e. The van der Waals surface area contributed by atoms with E-state index in [1.165, 1.54) is 36.4 Å². The maximum absolute atomic E-state index is 13.0. The second-order valence-corrected chi connectivity index (χ2v) is 10.3. The third kappa shape index (κ3) is 5.51. The number of rotatable bonds is 5. The highest BCUT2D eigenvalue weighted by Gasteiger charge is 2.33. The number of carbonyl (C=O) groups is 1. The number of piperidine rings is 1. The number of hydrogen-bond donors (Lipinski definition) is 1. The number of methoxy groups -OCH3 is 1. The number of ether oxygens (including phenoxy) is 1. The first kappa shape index (κ1) is 22.1. The normalized spacial score (nSPS) is 20.6. The Morgan fingerprint density at radius 3 is 2.24 bits per heavy atom. The van der Waals surface area contributed by atoms with Crippen molar-refractivity contribution in [2.24, 2.45) is 5.92 Å². The van der Waals surface area contributed by atoms with E-state index >= 15 is 0 Å². The van der Waals surface area contributed by atoms with Gasteiger partial charge in [-0.1, -0.05) is 32.1 Å². The zero-order valence-electron chi connectivity index (χ0n) is 17.7. The monoisotopic (exact) mass is 422 g/mol. The fourth-order valence-electron chi connectivity index (χ4n) is 4.44. The van der Waals surface area contributed by atoms with E-state index in [0.717, 1.165) is 18.4 Å². The van der Waals surface area contributed by atoms with Gasteiger partial charge in [0.1, 0.15) is 5.75 Å². The predicted molar refractivity (Wildman–Crippen MR) is 113 cm³/mol. The first-order valence-corrected chi connectivity index (χ1v) is 12.3. The Hall–Kier alpha value is -1.60. The first-order chi connectivity index (χ1) is 13.9. The van der Waals surface area contributed by atoms with Crippen molar-refractivity contribution in [2.45, 2.75) is 75.6 Å². The van der Waals surface area contributed by atoms with Crippen LogP contribution in [-0.2, 0) is 14.8 Å². The van der Waals surface area contributed by atoms with Gasteiger partial charge in [-0.2, -0.15) is 4.31 Å². The van der Waals surface area contributed by atoms with Crippen LogP contribution in [0, 0.1) is 12.8 Å². The fourth-order valence-corrected chi connectivity index (χ4v) is 5.99. The SMILES string of the molecule is COc1ccc(S(=O)(=O)N2CCC(C(=O)NC3CCCCCCC3)CC2)cc1C. The highest BCUT2D eigenvalue weighted by atomic mass is 32.2. The van der Waals surface area contributed by atoms with Crippen LogP contribution in [0.1, 0.15) is 63.4 Å². The third-order valence-corrected chi connectivity index (χ3v) is 8.17. The Balaban J connectivity index is 1.56. The van der Waals surface area contributed by atoms with Gasteiger partial charge < -0.3 is 10.1 Å². The van der Waals surface area contributed by atoms with Gasteiger partial charge in [-0.15, -0.1) is 0 Å². The molecule has 1 aromatic rings. The molecule has 2 aliphatic rings. The molecule has 162 valence electrons. The van der Waals surface area contributed by atoms with E-state index in [-0.39, 0.29) is 22.8 Å². The number of benzene rings is 1. The molecule has 2 fully saturated rings. The molecule has 0 spiro atoms. The van der Waals surface area contributed by atoms with Gasteiger partial charge in [0.05, 0.1) is 12.0 Å². The predicted octanol–water partition coefficient (Wildman–Crippen LogP) is 3.63. The molecule has 1 heterocycles. The van der Waals surface area contributed by atoms with Crippen molar-refractivity contribution >= 4 is 15.9 Å². The van der Waals surface area contributed by atoms with E-state index < -0.39 is 10.0 Å². The van der Waals surface area contributed by atoms with Crippen LogP contribution < -0.4 is 10.1 Å². The topological polar surface area (TPSA) is 75.7 Å². The Kier molecular flexibility index (Phi) is 7.57. The minimum atomic E-state index is -3.55. The molecule has 1 amide bonds. The summed E-state index contributed by atoms with van der Waals surface area (Å²) in [5.74, 6) is 0.686. The lowest BCUT2D eigenvalue weighted by Crippen LogP contribution is -2.45. The molecule has 1 aliphatic carbocycles. The highest BCUT2D eigenvalue weighted by molar-refractivity contribution is 7.89. The molecule has 0 radical (unpaired) electrons. The van der Waals surface area contributed by atoms with Crippen molar-refractivity contribution in [3.63, 3.8) is 0 Å². The number of amides is 1. The molecule has 1 saturated heterocycles. The van der Waals surface area contributed by atoms with Crippen molar-refractivity contribution in [1.82, 2.24) is 9.62 Å². The summed E-state index contributed by atoms with van der Waals surface area (Å²) in [4.78, 5) is 13.0. The Bertz CT molecular complexity index is 793. The Morgan fingerprint density at radius 1 is 1.03 bits per heavy atom. The van der Waals surface area contributed by atoms with Gasteiger partial charge in [-0.05, 0) is 56.4 Å². The van der Waals surface area contributed by atoms with E-state index in [2.05, 4.69) is 5.32 Å². The maximum atomic E-state index is 13.0. The molecule has 0 unspecified atom stereocenters. The largest absolute Gasteiger partial charge is 0.496 e. The average Bonchev–Trinajstić information content (AvgIpc) is 2.69. The van der Waals surface area contributed by atoms with Gasteiger partial charge in [-0.25, -0.2) is 8.42 Å². The van der Waals surface area contributed by atoms with Crippen LogP contribution in [0.15, 0.2) is 23.1 Å². The fraction of sp³-hybridized carbons (Fsp3) is 0.682. The van der Waals surface area contributed by atoms with Crippen molar-refractivity contribution in [2.75, 3.05) is 20.2 Å². The number of carbonyl (C=O) groups excluding carboxylic acids is 1. The quantitative estimate of drug-likeness (QED) is 0.786. The van der Waals surface area contributed by atoms with Crippen LogP contribution in [0.2, 0.25) is 0 Å². The minimum absolute atomic E-state index is 0.0931. The van der Waals surface area contributed by atoms with Crippen molar-refractivity contribution in [3.8, 4) is 5.75 Å². The molecule has 7 heteroatoms. The first-order valence-electron chi connectivity index (χ1n) is 10.9. The summed E-state index contributed by atoms with van der Waals surface area (Å²) < 4.78 is 32.7. The summed E-state index contributed by atoms with van der Waals surface area (Å²) in [5, 5.41) is 3.24. The minimum Gasteiger partial charge on any atom is -0.496 e. The van der Waals surface area contributed by atoms with E-state index in [9.17, 15) is 13.2 Å². The van der Waals surface area contributed by atoms with Crippen LogP contribution in [0.5, 0.6) is 5.75 Å². The summed E-state index contributed by atoms with van der Waals surface area (Å²) >= 11 is 0. The maximum Gasteiger partial charge on any atom is 0.243 e. The van der Waals surface area contributed by atoms with Crippen LogP contribution in [0.4, 0.5) is 0 Å². The van der Waals surface area contributed by atoms with Gasteiger partial charge in [-0.3, -0.25) is 4.79 Å². The molecule has 3 rings (SSSR count). The van der Waals surface area contributed by atoms with E-state index in [4.69, 9.17) is 4.74 Å².